The van der Waals surface area contributed by atoms with Gasteiger partial charge in [0.25, 0.3) is 0 Å². The highest BCUT2D eigenvalue weighted by Gasteiger charge is 2.22. The summed E-state index contributed by atoms with van der Waals surface area (Å²) in [5.41, 5.74) is 2.57. The molecule has 0 atom stereocenters. The van der Waals surface area contributed by atoms with E-state index in [1.165, 1.54) is 11.3 Å². The molecule has 0 N–H and O–H groups in total. The van der Waals surface area contributed by atoms with Crippen molar-refractivity contribution in [3.63, 3.8) is 0 Å². The zero-order valence-corrected chi connectivity index (χ0v) is 15.4. The molecule has 3 rings (SSSR count). The lowest BCUT2D eigenvalue weighted by molar-refractivity contribution is -0.132. The molecule has 0 aliphatic carbocycles. The molecular weight excluding hydrogens is 314 g/mol. The number of piperazine rings is 1. The van der Waals surface area contributed by atoms with Gasteiger partial charge in [0.15, 0.2) is 0 Å². The van der Waals surface area contributed by atoms with Crippen LogP contribution < -0.4 is 4.90 Å². The summed E-state index contributed by atoms with van der Waals surface area (Å²) in [4.78, 5) is 18.9. The zero-order valence-electron chi connectivity index (χ0n) is 15.4. The van der Waals surface area contributed by atoms with Crippen LogP contribution in [0.4, 0.5) is 5.69 Å². The number of hydrogen-bond donors (Lipinski definition) is 0. The largest absolute Gasteiger partial charge is 0.465 e. The van der Waals surface area contributed by atoms with Gasteiger partial charge in [0.2, 0.25) is 5.91 Å². The van der Waals surface area contributed by atoms with Crippen LogP contribution in [-0.2, 0) is 11.3 Å². The summed E-state index contributed by atoms with van der Waals surface area (Å²) in [6.45, 7) is 8.48. The molecule has 0 bridgehead atoms. The lowest BCUT2D eigenvalue weighted by atomic mass is 10.1. The fraction of sp³-hybridized carbons (Fsp3) is 0.450. The Morgan fingerprint density at radius 3 is 2.44 bits per heavy atom. The number of carbonyl (C=O) groups excluding carboxylic acids is 1. The predicted octanol–water partition coefficient (Wildman–Crippen LogP) is 2.68. The molecule has 134 valence electrons. The molecule has 1 amide bonds. The molecule has 0 unspecified atom stereocenters. The highest BCUT2D eigenvalue weighted by molar-refractivity contribution is 5.78. The lowest BCUT2D eigenvalue weighted by Gasteiger charge is -2.37. The number of para-hydroxylation sites is 1. The molecule has 1 fully saturated rings. The third-order valence-electron chi connectivity index (χ3n) is 4.72. The minimum atomic E-state index is 0.190. The third-order valence-corrected chi connectivity index (χ3v) is 4.72. The standard InChI is InChI=1S/C20H27N3O2/c1-16-6-4-5-7-19(16)22-10-12-23(13-11-22)20(24)15-21(3)14-18-9-8-17(2)25-18/h4-9H,10-15H2,1-3H3. The average molecular weight is 341 g/mol. The Morgan fingerprint density at radius 2 is 1.80 bits per heavy atom. The van der Waals surface area contributed by atoms with Gasteiger partial charge in [-0.3, -0.25) is 9.69 Å². The van der Waals surface area contributed by atoms with Crippen molar-refractivity contribution in [2.24, 2.45) is 0 Å². The maximum absolute atomic E-state index is 12.5. The minimum absolute atomic E-state index is 0.190. The SMILES string of the molecule is Cc1ccc(CN(C)CC(=O)N2CCN(c3ccccc3C)CC2)o1. The van der Waals surface area contributed by atoms with E-state index in [-0.39, 0.29) is 5.91 Å². The molecule has 0 saturated carbocycles. The third kappa shape index (κ3) is 4.42. The van der Waals surface area contributed by atoms with Crippen molar-refractivity contribution in [3.05, 3.63) is 53.5 Å². The molecule has 1 aliphatic heterocycles. The molecule has 2 aromatic rings. The molecule has 0 radical (unpaired) electrons. The van der Waals surface area contributed by atoms with Crippen LogP contribution in [0.15, 0.2) is 40.8 Å². The van der Waals surface area contributed by atoms with E-state index >= 15 is 0 Å². The van der Waals surface area contributed by atoms with E-state index in [1.807, 2.05) is 35.9 Å². The number of nitrogens with zero attached hydrogens (tertiary/aromatic N) is 3. The van der Waals surface area contributed by atoms with E-state index < -0.39 is 0 Å². The summed E-state index contributed by atoms with van der Waals surface area (Å²) in [5.74, 6) is 1.99. The maximum atomic E-state index is 12.5. The smallest absolute Gasteiger partial charge is 0.236 e. The number of furan rings is 1. The number of rotatable bonds is 5. The first-order valence-electron chi connectivity index (χ1n) is 8.85. The molecule has 1 aromatic carbocycles. The predicted molar refractivity (Wildman–Crippen MR) is 99.8 cm³/mol. The van der Waals surface area contributed by atoms with Crippen LogP contribution >= 0.6 is 0 Å². The van der Waals surface area contributed by atoms with E-state index in [0.29, 0.717) is 13.1 Å². The second kappa shape index (κ2) is 7.74. The minimum Gasteiger partial charge on any atom is -0.465 e. The number of hydrogen-bond acceptors (Lipinski definition) is 4. The monoisotopic (exact) mass is 341 g/mol. The first-order chi connectivity index (χ1) is 12.0. The van der Waals surface area contributed by atoms with Crippen LogP contribution in [0.5, 0.6) is 0 Å². The van der Waals surface area contributed by atoms with Crippen molar-refractivity contribution in [1.29, 1.82) is 0 Å². The van der Waals surface area contributed by atoms with Gasteiger partial charge in [-0.2, -0.15) is 0 Å². The van der Waals surface area contributed by atoms with Gasteiger partial charge in [0.1, 0.15) is 11.5 Å². The number of carbonyl (C=O) groups is 1. The summed E-state index contributed by atoms with van der Waals surface area (Å²) in [6, 6.07) is 12.4. The fourth-order valence-electron chi connectivity index (χ4n) is 3.34. The molecule has 0 spiro atoms. The number of amides is 1. The molecule has 5 nitrogen and oxygen atoms in total. The van der Waals surface area contributed by atoms with E-state index in [4.69, 9.17) is 4.42 Å². The quantitative estimate of drug-likeness (QED) is 0.838. The van der Waals surface area contributed by atoms with Crippen LogP contribution in [0.3, 0.4) is 0 Å². The second-order valence-corrected chi connectivity index (χ2v) is 6.84. The summed E-state index contributed by atoms with van der Waals surface area (Å²) in [7, 11) is 1.96. The van der Waals surface area contributed by atoms with Crippen molar-refractivity contribution in [3.8, 4) is 0 Å². The van der Waals surface area contributed by atoms with Gasteiger partial charge in [0.05, 0.1) is 13.1 Å². The Labute approximate surface area is 149 Å². The number of anilines is 1. The Morgan fingerprint density at radius 1 is 1.08 bits per heavy atom. The van der Waals surface area contributed by atoms with E-state index in [1.54, 1.807) is 0 Å². The highest BCUT2D eigenvalue weighted by atomic mass is 16.3. The fourth-order valence-corrected chi connectivity index (χ4v) is 3.34. The van der Waals surface area contributed by atoms with Crippen molar-refractivity contribution < 1.29 is 9.21 Å². The van der Waals surface area contributed by atoms with E-state index in [0.717, 1.165) is 37.7 Å². The first kappa shape index (κ1) is 17.5. The Kier molecular flexibility index (Phi) is 5.43. The van der Waals surface area contributed by atoms with E-state index in [2.05, 4.69) is 36.1 Å². The lowest BCUT2D eigenvalue weighted by Crippen LogP contribution is -2.51. The number of benzene rings is 1. The van der Waals surface area contributed by atoms with Gasteiger partial charge in [-0.25, -0.2) is 0 Å². The van der Waals surface area contributed by atoms with Crippen LogP contribution in [0.1, 0.15) is 17.1 Å². The number of aryl methyl sites for hydroxylation is 2. The number of likely N-dealkylation sites (N-methyl/N-ethyl adjacent to an activating group) is 1. The summed E-state index contributed by atoms with van der Waals surface area (Å²) in [5, 5.41) is 0. The van der Waals surface area contributed by atoms with Gasteiger partial charge in [0, 0.05) is 31.9 Å². The molecule has 1 aliphatic rings. The topological polar surface area (TPSA) is 39.9 Å². The van der Waals surface area contributed by atoms with Crippen molar-refractivity contribution in [2.75, 3.05) is 44.7 Å². The molecular formula is C20H27N3O2. The Balaban J connectivity index is 1.49. The van der Waals surface area contributed by atoms with Gasteiger partial charge < -0.3 is 14.2 Å². The summed E-state index contributed by atoms with van der Waals surface area (Å²) >= 11 is 0. The van der Waals surface area contributed by atoms with Crippen LogP contribution in [0.25, 0.3) is 0 Å². The molecule has 25 heavy (non-hydrogen) atoms. The van der Waals surface area contributed by atoms with Crippen LogP contribution in [0.2, 0.25) is 0 Å². The molecule has 1 saturated heterocycles. The molecule has 5 heteroatoms. The van der Waals surface area contributed by atoms with Gasteiger partial charge in [-0.1, -0.05) is 18.2 Å². The average Bonchev–Trinajstić information content (AvgIpc) is 3.00. The van der Waals surface area contributed by atoms with Crippen molar-refractivity contribution in [1.82, 2.24) is 9.80 Å². The second-order valence-electron chi connectivity index (χ2n) is 6.84. The Hall–Kier alpha value is -2.27. The highest BCUT2D eigenvalue weighted by Crippen LogP contribution is 2.20. The summed E-state index contributed by atoms with van der Waals surface area (Å²) < 4.78 is 5.58. The van der Waals surface area contributed by atoms with E-state index in [9.17, 15) is 4.79 Å². The van der Waals surface area contributed by atoms with Crippen molar-refractivity contribution >= 4 is 11.6 Å². The summed E-state index contributed by atoms with van der Waals surface area (Å²) in [6.07, 6.45) is 0. The van der Waals surface area contributed by atoms with Crippen LogP contribution in [0, 0.1) is 13.8 Å². The zero-order chi connectivity index (χ0) is 17.8. The molecule has 1 aromatic heterocycles. The first-order valence-corrected chi connectivity index (χ1v) is 8.85. The molecule has 2 heterocycles. The maximum Gasteiger partial charge on any atom is 0.236 e. The van der Waals surface area contributed by atoms with Gasteiger partial charge in [-0.15, -0.1) is 0 Å². The van der Waals surface area contributed by atoms with Crippen molar-refractivity contribution in [2.45, 2.75) is 20.4 Å². The van der Waals surface area contributed by atoms with Crippen LogP contribution in [-0.4, -0.2) is 55.5 Å². The normalized spacial score (nSPS) is 15.0. The van der Waals surface area contributed by atoms with Gasteiger partial charge in [-0.05, 0) is 44.7 Å². The Bertz CT molecular complexity index is 717. The van der Waals surface area contributed by atoms with Gasteiger partial charge >= 0.3 is 0 Å².